The summed E-state index contributed by atoms with van der Waals surface area (Å²) in [5.74, 6) is -0.134. The van der Waals surface area contributed by atoms with Gasteiger partial charge in [-0.25, -0.2) is 0 Å². The lowest BCUT2D eigenvalue weighted by atomic mass is 9.99. The maximum absolute atomic E-state index is 13.4. The van der Waals surface area contributed by atoms with Crippen molar-refractivity contribution in [3.63, 3.8) is 0 Å². The van der Waals surface area contributed by atoms with Gasteiger partial charge in [0.05, 0.1) is 17.0 Å². The molecule has 1 atom stereocenters. The van der Waals surface area contributed by atoms with Gasteiger partial charge in [-0.3, -0.25) is 14.5 Å². The number of carbonyl (C=O) groups is 1. The van der Waals surface area contributed by atoms with Crippen LogP contribution in [0.2, 0.25) is 0 Å². The summed E-state index contributed by atoms with van der Waals surface area (Å²) in [5.41, 5.74) is 1.33. The van der Waals surface area contributed by atoms with Crippen LogP contribution in [-0.2, 0) is 0 Å². The summed E-state index contributed by atoms with van der Waals surface area (Å²) in [4.78, 5) is 28.4. The van der Waals surface area contributed by atoms with Gasteiger partial charge in [0.2, 0.25) is 10.9 Å². The van der Waals surface area contributed by atoms with Crippen LogP contribution in [-0.4, -0.2) is 16.1 Å². The van der Waals surface area contributed by atoms with Gasteiger partial charge in [-0.2, -0.15) is 0 Å². The van der Waals surface area contributed by atoms with Crippen molar-refractivity contribution in [2.24, 2.45) is 0 Å². The van der Waals surface area contributed by atoms with Crippen molar-refractivity contribution >= 4 is 49.3 Å². The number of benzene rings is 2. The zero-order valence-electron chi connectivity index (χ0n) is 16.1. The van der Waals surface area contributed by atoms with Gasteiger partial charge >= 0.3 is 0 Å². The third-order valence-corrected chi connectivity index (χ3v) is 6.85. The molecule has 0 spiro atoms. The summed E-state index contributed by atoms with van der Waals surface area (Å²) >= 11 is 4.80. The van der Waals surface area contributed by atoms with Crippen LogP contribution in [0, 0.1) is 0 Å². The van der Waals surface area contributed by atoms with Gasteiger partial charge in [-0.15, -0.1) is 10.2 Å². The Morgan fingerprint density at radius 3 is 2.50 bits per heavy atom. The molecular weight excluding hydrogens is 466 g/mol. The number of anilines is 1. The predicted octanol–water partition coefficient (Wildman–Crippen LogP) is 5.28. The third-order valence-electron chi connectivity index (χ3n) is 5.09. The topological polar surface area (TPSA) is 76.3 Å². The molecule has 2 aromatic carbocycles. The van der Waals surface area contributed by atoms with Gasteiger partial charge in [0.25, 0.3) is 5.91 Å². The highest BCUT2D eigenvalue weighted by Gasteiger charge is 2.45. The van der Waals surface area contributed by atoms with E-state index in [4.69, 9.17) is 4.42 Å². The lowest BCUT2D eigenvalue weighted by molar-refractivity contribution is 0.0970. The maximum atomic E-state index is 13.4. The molecule has 2 aromatic heterocycles. The van der Waals surface area contributed by atoms with Crippen LogP contribution in [0.1, 0.15) is 52.5 Å². The van der Waals surface area contributed by atoms with Gasteiger partial charge in [0.15, 0.2) is 5.43 Å². The SMILES string of the molecule is CC(C)c1nnc(N2C(=O)c3oc4ccccc4c(=O)c3[C@@H]2c2ccc(Br)cc2)s1. The third kappa shape index (κ3) is 2.90. The molecule has 5 rings (SSSR count). The summed E-state index contributed by atoms with van der Waals surface area (Å²) < 4.78 is 6.84. The summed E-state index contributed by atoms with van der Waals surface area (Å²) in [6, 6.07) is 13.9. The minimum Gasteiger partial charge on any atom is -0.450 e. The van der Waals surface area contributed by atoms with Crippen molar-refractivity contribution in [1.82, 2.24) is 10.2 Å². The molecule has 1 aliphatic heterocycles. The van der Waals surface area contributed by atoms with E-state index in [-0.39, 0.29) is 23.0 Å². The van der Waals surface area contributed by atoms with Crippen LogP contribution in [0.4, 0.5) is 5.13 Å². The number of nitrogens with zero attached hydrogens (tertiary/aromatic N) is 3. The molecule has 0 bridgehead atoms. The Bertz CT molecular complexity index is 1340. The molecule has 0 aliphatic carbocycles. The number of para-hydroxylation sites is 1. The number of carbonyl (C=O) groups excluding carboxylic acids is 1. The highest BCUT2D eigenvalue weighted by molar-refractivity contribution is 9.10. The summed E-state index contributed by atoms with van der Waals surface area (Å²) in [6.45, 7) is 4.05. The van der Waals surface area contributed by atoms with E-state index in [1.54, 1.807) is 24.3 Å². The van der Waals surface area contributed by atoms with Crippen molar-refractivity contribution in [1.29, 1.82) is 0 Å². The molecule has 0 N–H and O–H groups in total. The Morgan fingerprint density at radius 2 is 1.80 bits per heavy atom. The Morgan fingerprint density at radius 1 is 1.07 bits per heavy atom. The number of rotatable bonds is 3. The second-order valence-corrected chi connectivity index (χ2v) is 9.28. The quantitative estimate of drug-likeness (QED) is 0.397. The lowest BCUT2D eigenvalue weighted by Crippen LogP contribution is -2.29. The molecule has 8 heteroatoms. The molecule has 0 saturated carbocycles. The largest absolute Gasteiger partial charge is 0.450 e. The number of hydrogen-bond acceptors (Lipinski definition) is 6. The van der Waals surface area contributed by atoms with Crippen LogP contribution in [0.5, 0.6) is 0 Å². The molecule has 1 amide bonds. The average Bonchev–Trinajstić information content (AvgIpc) is 3.33. The number of fused-ring (bicyclic) bond motifs is 2. The van der Waals surface area contributed by atoms with Gasteiger partial charge in [-0.05, 0) is 29.8 Å². The fourth-order valence-electron chi connectivity index (χ4n) is 3.63. The Kier molecular flexibility index (Phi) is 4.56. The Balaban J connectivity index is 1.78. The molecule has 150 valence electrons. The van der Waals surface area contributed by atoms with Crippen LogP contribution >= 0.6 is 27.3 Å². The smallest absolute Gasteiger partial charge is 0.297 e. The number of halogens is 1. The Labute approximate surface area is 184 Å². The van der Waals surface area contributed by atoms with Gasteiger partial charge in [0, 0.05) is 10.4 Å². The molecule has 0 fully saturated rings. The van der Waals surface area contributed by atoms with E-state index in [1.165, 1.54) is 16.2 Å². The van der Waals surface area contributed by atoms with E-state index in [0.29, 0.717) is 21.7 Å². The van der Waals surface area contributed by atoms with E-state index < -0.39 is 6.04 Å². The van der Waals surface area contributed by atoms with E-state index >= 15 is 0 Å². The van der Waals surface area contributed by atoms with Crippen LogP contribution in [0.15, 0.2) is 62.2 Å². The molecule has 0 radical (unpaired) electrons. The molecule has 3 heterocycles. The first-order chi connectivity index (χ1) is 14.5. The maximum Gasteiger partial charge on any atom is 0.297 e. The van der Waals surface area contributed by atoms with Crippen molar-refractivity contribution < 1.29 is 9.21 Å². The minimum absolute atomic E-state index is 0.0629. The fourth-order valence-corrected chi connectivity index (χ4v) is 4.77. The molecule has 30 heavy (non-hydrogen) atoms. The number of amides is 1. The predicted molar refractivity (Wildman–Crippen MR) is 119 cm³/mol. The molecule has 1 aliphatic rings. The van der Waals surface area contributed by atoms with Crippen LogP contribution in [0.3, 0.4) is 0 Å². The monoisotopic (exact) mass is 481 g/mol. The normalized spacial score (nSPS) is 15.9. The van der Waals surface area contributed by atoms with Crippen molar-refractivity contribution in [2.45, 2.75) is 25.8 Å². The summed E-state index contributed by atoms with van der Waals surface area (Å²) in [6.07, 6.45) is 0. The van der Waals surface area contributed by atoms with Crippen LogP contribution < -0.4 is 10.3 Å². The molecular formula is C22H16BrN3O3S. The minimum atomic E-state index is -0.630. The molecule has 0 saturated heterocycles. The van der Waals surface area contributed by atoms with E-state index in [1.807, 2.05) is 38.1 Å². The first-order valence-corrected chi connectivity index (χ1v) is 11.0. The van der Waals surface area contributed by atoms with Gasteiger partial charge in [-0.1, -0.05) is 65.4 Å². The first kappa shape index (κ1) is 19.1. The van der Waals surface area contributed by atoms with Crippen LogP contribution in [0.25, 0.3) is 11.0 Å². The standard InChI is InChI=1S/C22H16BrN3O3S/c1-11(2)20-24-25-22(30-20)26-17(12-7-9-13(23)10-8-12)16-18(27)14-5-3-4-6-15(14)29-19(16)21(26)28/h3-11,17H,1-2H3/t17-/m0/s1. The first-order valence-electron chi connectivity index (χ1n) is 9.44. The van der Waals surface area contributed by atoms with E-state index in [0.717, 1.165) is 15.0 Å². The summed E-state index contributed by atoms with van der Waals surface area (Å²) in [7, 11) is 0. The molecule has 4 aromatic rings. The van der Waals surface area contributed by atoms with E-state index in [9.17, 15) is 9.59 Å². The van der Waals surface area contributed by atoms with E-state index in [2.05, 4.69) is 26.1 Å². The van der Waals surface area contributed by atoms with Crippen molar-refractivity contribution in [2.75, 3.05) is 4.90 Å². The number of aromatic nitrogens is 2. The van der Waals surface area contributed by atoms with Crippen molar-refractivity contribution in [3.8, 4) is 0 Å². The lowest BCUT2D eigenvalue weighted by Gasteiger charge is -2.22. The molecule has 6 nitrogen and oxygen atoms in total. The zero-order valence-corrected chi connectivity index (χ0v) is 18.5. The molecule has 0 unspecified atom stereocenters. The second-order valence-electron chi connectivity index (χ2n) is 7.38. The Hall–Kier alpha value is -2.84. The average molecular weight is 482 g/mol. The fraction of sp³-hybridized carbons (Fsp3) is 0.182. The highest BCUT2D eigenvalue weighted by atomic mass is 79.9. The second kappa shape index (κ2) is 7.14. The van der Waals surface area contributed by atoms with Gasteiger partial charge < -0.3 is 4.42 Å². The zero-order chi connectivity index (χ0) is 21.0. The number of hydrogen-bond donors (Lipinski definition) is 0. The van der Waals surface area contributed by atoms with Gasteiger partial charge in [0.1, 0.15) is 10.6 Å². The van der Waals surface area contributed by atoms with Crippen molar-refractivity contribution in [3.05, 3.63) is 85.1 Å². The summed E-state index contributed by atoms with van der Waals surface area (Å²) in [5, 5.41) is 10.2. The highest BCUT2D eigenvalue weighted by Crippen LogP contribution is 2.42.